The van der Waals surface area contributed by atoms with Crippen LogP contribution in [0.1, 0.15) is 5.56 Å². The van der Waals surface area contributed by atoms with Gasteiger partial charge in [0.1, 0.15) is 18.1 Å². The molecule has 1 aromatic carbocycles. The van der Waals surface area contributed by atoms with E-state index in [1.54, 1.807) is 0 Å². The molecule has 1 aliphatic heterocycles. The Morgan fingerprint density at radius 1 is 1.36 bits per heavy atom. The predicted octanol–water partition coefficient (Wildman–Crippen LogP) is 1.26. The molecule has 1 heterocycles. The van der Waals surface area contributed by atoms with Gasteiger partial charge in [-0.15, -0.1) is 0 Å². The van der Waals surface area contributed by atoms with Crippen LogP contribution >= 0.6 is 0 Å². The standard InChI is InChI=1S/C8H7NO2/c10-9-7-5-11-8-4-2-1-3-6(7)8/h1-4,10H,5H2/b9-7+. The molecule has 0 atom stereocenters. The monoisotopic (exact) mass is 149 g/mol. The Morgan fingerprint density at radius 2 is 2.18 bits per heavy atom. The van der Waals surface area contributed by atoms with Crippen LogP contribution < -0.4 is 4.74 Å². The minimum atomic E-state index is 0.371. The highest BCUT2D eigenvalue weighted by Gasteiger charge is 2.17. The summed E-state index contributed by atoms with van der Waals surface area (Å²) >= 11 is 0. The first kappa shape index (κ1) is 6.22. The van der Waals surface area contributed by atoms with Crippen molar-refractivity contribution in [3.8, 4) is 5.75 Å². The highest BCUT2D eigenvalue weighted by atomic mass is 16.5. The smallest absolute Gasteiger partial charge is 0.134 e. The van der Waals surface area contributed by atoms with Crippen molar-refractivity contribution in [2.24, 2.45) is 5.16 Å². The molecule has 0 unspecified atom stereocenters. The van der Waals surface area contributed by atoms with E-state index >= 15 is 0 Å². The lowest BCUT2D eigenvalue weighted by atomic mass is 10.1. The fourth-order valence-electron chi connectivity index (χ4n) is 1.14. The summed E-state index contributed by atoms with van der Waals surface area (Å²) in [6, 6.07) is 7.50. The largest absolute Gasteiger partial charge is 0.486 e. The highest BCUT2D eigenvalue weighted by molar-refractivity contribution is 6.05. The first-order valence-corrected chi connectivity index (χ1v) is 3.35. The molecule has 0 aromatic heterocycles. The maximum atomic E-state index is 8.52. The van der Waals surface area contributed by atoms with E-state index in [0.29, 0.717) is 12.3 Å². The van der Waals surface area contributed by atoms with Crippen LogP contribution in [0.25, 0.3) is 0 Å². The van der Waals surface area contributed by atoms with Gasteiger partial charge in [0.2, 0.25) is 0 Å². The number of rotatable bonds is 0. The summed E-state index contributed by atoms with van der Waals surface area (Å²) in [5, 5.41) is 11.6. The molecule has 0 amide bonds. The first-order valence-electron chi connectivity index (χ1n) is 3.35. The molecule has 1 aromatic rings. The molecule has 0 aliphatic carbocycles. The average Bonchev–Trinajstić information content (AvgIpc) is 2.47. The third-order valence-electron chi connectivity index (χ3n) is 1.68. The molecular weight excluding hydrogens is 142 g/mol. The van der Waals surface area contributed by atoms with Crippen molar-refractivity contribution in [2.75, 3.05) is 6.61 Å². The van der Waals surface area contributed by atoms with Crippen LogP contribution in [-0.2, 0) is 0 Å². The maximum Gasteiger partial charge on any atom is 0.134 e. The van der Waals surface area contributed by atoms with E-state index in [2.05, 4.69) is 5.16 Å². The van der Waals surface area contributed by atoms with Gasteiger partial charge in [0.05, 0.1) is 0 Å². The van der Waals surface area contributed by atoms with Crippen molar-refractivity contribution in [3.63, 3.8) is 0 Å². The first-order chi connectivity index (χ1) is 5.42. The molecule has 2 rings (SSSR count). The summed E-state index contributed by atoms with van der Waals surface area (Å²) in [5.74, 6) is 0.792. The van der Waals surface area contributed by atoms with Gasteiger partial charge in [-0.05, 0) is 12.1 Å². The number of nitrogens with zero attached hydrogens (tertiary/aromatic N) is 1. The molecular formula is C8H7NO2. The molecule has 0 saturated carbocycles. The lowest BCUT2D eigenvalue weighted by Gasteiger charge is -1.92. The van der Waals surface area contributed by atoms with E-state index in [0.717, 1.165) is 11.3 Å². The topological polar surface area (TPSA) is 41.8 Å². The second-order valence-electron chi connectivity index (χ2n) is 2.33. The number of oxime groups is 1. The molecule has 56 valence electrons. The third kappa shape index (κ3) is 0.852. The zero-order valence-electron chi connectivity index (χ0n) is 5.82. The Labute approximate surface area is 63.9 Å². The zero-order valence-corrected chi connectivity index (χ0v) is 5.82. The van der Waals surface area contributed by atoms with Gasteiger partial charge < -0.3 is 9.94 Å². The van der Waals surface area contributed by atoms with Crippen molar-refractivity contribution in [1.82, 2.24) is 0 Å². The molecule has 0 saturated heterocycles. The fraction of sp³-hybridized carbons (Fsp3) is 0.125. The van der Waals surface area contributed by atoms with Gasteiger partial charge in [0, 0.05) is 5.56 Å². The Hall–Kier alpha value is -1.51. The molecule has 0 spiro atoms. The van der Waals surface area contributed by atoms with Crippen molar-refractivity contribution < 1.29 is 9.94 Å². The van der Waals surface area contributed by atoms with Crippen molar-refractivity contribution >= 4 is 5.71 Å². The second kappa shape index (κ2) is 2.27. The predicted molar refractivity (Wildman–Crippen MR) is 40.3 cm³/mol. The normalized spacial score (nSPS) is 18.0. The van der Waals surface area contributed by atoms with Gasteiger partial charge >= 0.3 is 0 Å². The Kier molecular flexibility index (Phi) is 1.28. The molecule has 0 bridgehead atoms. The minimum Gasteiger partial charge on any atom is -0.486 e. The number of ether oxygens (including phenoxy) is 1. The summed E-state index contributed by atoms with van der Waals surface area (Å²) < 4.78 is 5.21. The van der Waals surface area contributed by atoms with Gasteiger partial charge in [-0.1, -0.05) is 17.3 Å². The van der Waals surface area contributed by atoms with Gasteiger partial charge in [-0.3, -0.25) is 0 Å². The van der Waals surface area contributed by atoms with Crippen LogP contribution in [0.2, 0.25) is 0 Å². The summed E-state index contributed by atoms with van der Waals surface area (Å²) in [4.78, 5) is 0. The third-order valence-corrected chi connectivity index (χ3v) is 1.68. The van der Waals surface area contributed by atoms with Gasteiger partial charge in [0.25, 0.3) is 0 Å². The summed E-state index contributed by atoms with van der Waals surface area (Å²) in [6.07, 6.45) is 0. The summed E-state index contributed by atoms with van der Waals surface area (Å²) in [5.41, 5.74) is 1.48. The molecule has 3 heteroatoms. The van der Waals surface area contributed by atoms with E-state index in [-0.39, 0.29) is 0 Å². The number of para-hydroxylation sites is 1. The Balaban J connectivity index is 2.55. The summed E-state index contributed by atoms with van der Waals surface area (Å²) in [6.45, 7) is 0.371. The Morgan fingerprint density at radius 3 is 3.00 bits per heavy atom. The van der Waals surface area contributed by atoms with Gasteiger partial charge in [-0.2, -0.15) is 0 Å². The van der Waals surface area contributed by atoms with Crippen molar-refractivity contribution in [3.05, 3.63) is 29.8 Å². The van der Waals surface area contributed by atoms with Crippen LogP contribution in [0.3, 0.4) is 0 Å². The zero-order chi connectivity index (χ0) is 7.68. The van der Waals surface area contributed by atoms with Crippen molar-refractivity contribution in [1.29, 1.82) is 0 Å². The molecule has 0 radical (unpaired) electrons. The quantitative estimate of drug-likeness (QED) is 0.445. The second-order valence-corrected chi connectivity index (χ2v) is 2.33. The van der Waals surface area contributed by atoms with E-state index in [1.807, 2.05) is 24.3 Å². The van der Waals surface area contributed by atoms with Crippen LogP contribution in [0.4, 0.5) is 0 Å². The minimum absolute atomic E-state index is 0.371. The molecule has 3 nitrogen and oxygen atoms in total. The van der Waals surface area contributed by atoms with Gasteiger partial charge in [0.15, 0.2) is 0 Å². The van der Waals surface area contributed by atoms with Crippen LogP contribution in [0, 0.1) is 0 Å². The SMILES string of the molecule is O/N=C1\COc2ccccc21. The number of hydrogen-bond donors (Lipinski definition) is 1. The van der Waals surface area contributed by atoms with Crippen molar-refractivity contribution in [2.45, 2.75) is 0 Å². The number of benzene rings is 1. The average molecular weight is 149 g/mol. The number of hydrogen-bond acceptors (Lipinski definition) is 3. The fourth-order valence-corrected chi connectivity index (χ4v) is 1.14. The van der Waals surface area contributed by atoms with E-state index in [9.17, 15) is 0 Å². The maximum absolute atomic E-state index is 8.52. The Bertz CT molecular complexity index is 307. The van der Waals surface area contributed by atoms with Gasteiger partial charge in [-0.25, -0.2) is 0 Å². The highest BCUT2D eigenvalue weighted by Crippen LogP contribution is 2.24. The van der Waals surface area contributed by atoms with E-state index in [4.69, 9.17) is 9.94 Å². The molecule has 11 heavy (non-hydrogen) atoms. The lowest BCUT2D eigenvalue weighted by molar-refractivity contribution is 0.313. The van der Waals surface area contributed by atoms with E-state index < -0.39 is 0 Å². The number of fused-ring (bicyclic) bond motifs is 1. The summed E-state index contributed by atoms with van der Waals surface area (Å²) in [7, 11) is 0. The van der Waals surface area contributed by atoms with Crippen LogP contribution in [-0.4, -0.2) is 17.5 Å². The lowest BCUT2D eigenvalue weighted by Crippen LogP contribution is -2.01. The van der Waals surface area contributed by atoms with Crippen LogP contribution in [0.5, 0.6) is 5.75 Å². The molecule has 0 fully saturated rings. The van der Waals surface area contributed by atoms with E-state index in [1.165, 1.54) is 0 Å². The van der Waals surface area contributed by atoms with Crippen LogP contribution in [0.15, 0.2) is 29.4 Å². The molecule has 1 N–H and O–H groups in total. The molecule has 1 aliphatic rings.